The first kappa shape index (κ1) is 14.2. The third kappa shape index (κ3) is 4.11. The average Bonchev–Trinajstić information content (AvgIpc) is 2.38. The van der Waals surface area contributed by atoms with Crippen LogP contribution in [0.3, 0.4) is 0 Å². The molecule has 4 heteroatoms. The van der Waals surface area contributed by atoms with Gasteiger partial charge in [0.15, 0.2) is 11.5 Å². The summed E-state index contributed by atoms with van der Waals surface area (Å²) in [6.07, 6.45) is 1.96. The number of hydrogen-bond acceptors (Lipinski definition) is 4. The van der Waals surface area contributed by atoms with Crippen LogP contribution in [0.25, 0.3) is 0 Å². The summed E-state index contributed by atoms with van der Waals surface area (Å²) >= 11 is 0. The fraction of sp³-hybridized carbons (Fsp3) is 0.600. The van der Waals surface area contributed by atoms with Gasteiger partial charge in [-0.1, -0.05) is 6.07 Å². The van der Waals surface area contributed by atoms with Crippen molar-refractivity contribution in [2.45, 2.75) is 32.2 Å². The van der Waals surface area contributed by atoms with E-state index in [0.29, 0.717) is 19.8 Å². The summed E-state index contributed by atoms with van der Waals surface area (Å²) in [4.78, 5) is 0. The van der Waals surface area contributed by atoms with Crippen LogP contribution >= 0.6 is 0 Å². The fourth-order valence-corrected chi connectivity index (χ4v) is 2.24. The number of ether oxygens (including phenoxy) is 2. The van der Waals surface area contributed by atoms with Crippen molar-refractivity contribution in [2.24, 2.45) is 5.73 Å². The molecule has 106 valence electrons. The molecule has 1 aliphatic heterocycles. The SMILES string of the molecule is CC(C)(CCN)NCCc1ccc2c(c1)OCCO2. The van der Waals surface area contributed by atoms with Crippen molar-refractivity contribution < 1.29 is 9.47 Å². The number of nitrogens with one attached hydrogen (secondary N) is 1. The fourth-order valence-electron chi connectivity index (χ4n) is 2.24. The molecule has 0 amide bonds. The number of fused-ring (bicyclic) bond motifs is 1. The quantitative estimate of drug-likeness (QED) is 0.821. The van der Waals surface area contributed by atoms with Crippen molar-refractivity contribution in [2.75, 3.05) is 26.3 Å². The summed E-state index contributed by atoms with van der Waals surface area (Å²) in [6, 6.07) is 6.17. The van der Waals surface area contributed by atoms with Gasteiger partial charge in [0.05, 0.1) is 0 Å². The van der Waals surface area contributed by atoms with Crippen molar-refractivity contribution in [3.63, 3.8) is 0 Å². The smallest absolute Gasteiger partial charge is 0.161 e. The Balaban J connectivity index is 1.86. The lowest BCUT2D eigenvalue weighted by atomic mass is 10.0. The zero-order valence-electron chi connectivity index (χ0n) is 11.9. The Morgan fingerprint density at radius 1 is 1.21 bits per heavy atom. The predicted molar refractivity (Wildman–Crippen MR) is 76.9 cm³/mol. The largest absolute Gasteiger partial charge is 0.486 e. The minimum absolute atomic E-state index is 0.0998. The van der Waals surface area contributed by atoms with Crippen LogP contribution in [0.5, 0.6) is 11.5 Å². The maximum absolute atomic E-state index is 5.60. The van der Waals surface area contributed by atoms with Gasteiger partial charge in [-0.15, -0.1) is 0 Å². The van der Waals surface area contributed by atoms with Crippen molar-refractivity contribution in [3.05, 3.63) is 23.8 Å². The molecule has 4 nitrogen and oxygen atoms in total. The topological polar surface area (TPSA) is 56.5 Å². The summed E-state index contributed by atoms with van der Waals surface area (Å²) in [5.41, 5.74) is 6.97. The van der Waals surface area contributed by atoms with Crippen LogP contribution in [0.2, 0.25) is 0 Å². The van der Waals surface area contributed by atoms with E-state index in [2.05, 4.69) is 31.3 Å². The Hall–Kier alpha value is -1.26. The standard InChI is InChI=1S/C15H24N2O2/c1-15(2,6-7-16)17-8-5-12-3-4-13-14(11-12)19-10-9-18-13/h3-4,11,17H,5-10,16H2,1-2H3. The summed E-state index contributed by atoms with van der Waals surface area (Å²) in [6.45, 7) is 7.30. The zero-order valence-corrected chi connectivity index (χ0v) is 11.9. The second-order valence-electron chi connectivity index (χ2n) is 5.58. The van der Waals surface area contributed by atoms with Gasteiger partial charge < -0.3 is 20.5 Å². The van der Waals surface area contributed by atoms with Gasteiger partial charge in [0.1, 0.15) is 13.2 Å². The van der Waals surface area contributed by atoms with Gasteiger partial charge in [-0.25, -0.2) is 0 Å². The van der Waals surface area contributed by atoms with Crippen molar-refractivity contribution >= 4 is 0 Å². The van der Waals surface area contributed by atoms with Crippen molar-refractivity contribution in [3.8, 4) is 11.5 Å². The van der Waals surface area contributed by atoms with E-state index in [0.717, 1.165) is 30.9 Å². The molecule has 1 aromatic carbocycles. The molecule has 1 heterocycles. The third-order valence-corrected chi connectivity index (χ3v) is 3.39. The van der Waals surface area contributed by atoms with E-state index in [9.17, 15) is 0 Å². The van der Waals surface area contributed by atoms with E-state index in [1.807, 2.05) is 6.07 Å². The average molecular weight is 264 g/mol. The molecular weight excluding hydrogens is 240 g/mol. The van der Waals surface area contributed by atoms with Crippen LogP contribution in [0, 0.1) is 0 Å². The normalized spacial score (nSPS) is 14.5. The number of hydrogen-bond donors (Lipinski definition) is 2. The molecular formula is C15H24N2O2. The lowest BCUT2D eigenvalue weighted by Gasteiger charge is -2.26. The zero-order chi connectivity index (χ0) is 13.7. The molecule has 0 unspecified atom stereocenters. The maximum Gasteiger partial charge on any atom is 0.161 e. The van der Waals surface area contributed by atoms with Crippen LogP contribution in [0.15, 0.2) is 18.2 Å². The lowest BCUT2D eigenvalue weighted by Crippen LogP contribution is -2.42. The van der Waals surface area contributed by atoms with E-state index in [1.165, 1.54) is 5.56 Å². The van der Waals surface area contributed by atoms with Crippen LogP contribution in [0.1, 0.15) is 25.8 Å². The Bertz CT molecular complexity index is 419. The first-order chi connectivity index (χ1) is 9.11. The Labute approximate surface area is 115 Å². The molecule has 1 aliphatic rings. The van der Waals surface area contributed by atoms with Gasteiger partial charge in [-0.3, -0.25) is 0 Å². The van der Waals surface area contributed by atoms with Gasteiger partial charge in [0.2, 0.25) is 0 Å². The van der Waals surface area contributed by atoms with Gasteiger partial charge in [-0.05, 0) is 57.5 Å². The van der Waals surface area contributed by atoms with E-state index < -0.39 is 0 Å². The summed E-state index contributed by atoms with van der Waals surface area (Å²) in [5.74, 6) is 1.72. The molecule has 0 atom stereocenters. The van der Waals surface area contributed by atoms with E-state index >= 15 is 0 Å². The molecule has 19 heavy (non-hydrogen) atoms. The molecule has 0 fully saturated rings. The van der Waals surface area contributed by atoms with Gasteiger partial charge in [0, 0.05) is 5.54 Å². The Kier molecular flexibility index (Phi) is 4.66. The number of nitrogens with two attached hydrogens (primary N) is 1. The molecule has 0 bridgehead atoms. The summed E-state index contributed by atoms with van der Waals surface area (Å²) in [5, 5.41) is 3.54. The van der Waals surface area contributed by atoms with Gasteiger partial charge in [-0.2, -0.15) is 0 Å². The molecule has 0 aliphatic carbocycles. The highest BCUT2D eigenvalue weighted by Gasteiger charge is 2.15. The highest BCUT2D eigenvalue weighted by Crippen LogP contribution is 2.30. The number of benzene rings is 1. The molecule has 0 spiro atoms. The Morgan fingerprint density at radius 3 is 2.68 bits per heavy atom. The van der Waals surface area contributed by atoms with E-state index in [-0.39, 0.29) is 5.54 Å². The first-order valence-electron chi connectivity index (χ1n) is 6.94. The van der Waals surface area contributed by atoms with Crippen LogP contribution in [-0.4, -0.2) is 31.8 Å². The highest BCUT2D eigenvalue weighted by atomic mass is 16.6. The predicted octanol–water partition coefficient (Wildman–Crippen LogP) is 1.72. The number of rotatable bonds is 6. The lowest BCUT2D eigenvalue weighted by molar-refractivity contribution is 0.171. The minimum atomic E-state index is 0.0998. The van der Waals surface area contributed by atoms with E-state index in [1.54, 1.807) is 0 Å². The molecule has 0 radical (unpaired) electrons. The molecule has 0 saturated carbocycles. The monoisotopic (exact) mass is 264 g/mol. The summed E-state index contributed by atoms with van der Waals surface area (Å²) < 4.78 is 11.1. The molecule has 0 saturated heterocycles. The molecule has 0 aromatic heterocycles. The van der Waals surface area contributed by atoms with Crippen molar-refractivity contribution in [1.82, 2.24) is 5.32 Å². The van der Waals surface area contributed by atoms with Crippen LogP contribution in [0.4, 0.5) is 0 Å². The van der Waals surface area contributed by atoms with Gasteiger partial charge in [0.25, 0.3) is 0 Å². The van der Waals surface area contributed by atoms with Crippen LogP contribution < -0.4 is 20.5 Å². The third-order valence-electron chi connectivity index (χ3n) is 3.39. The first-order valence-corrected chi connectivity index (χ1v) is 6.94. The maximum atomic E-state index is 5.60. The molecule has 2 rings (SSSR count). The Morgan fingerprint density at radius 2 is 1.95 bits per heavy atom. The second kappa shape index (κ2) is 6.26. The second-order valence-corrected chi connectivity index (χ2v) is 5.58. The van der Waals surface area contributed by atoms with Gasteiger partial charge >= 0.3 is 0 Å². The highest BCUT2D eigenvalue weighted by molar-refractivity contribution is 5.43. The van der Waals surface area contributed by atoms with Crippen molar-refractivity contribution in [1.29, 1.82) is 0 Å². The van der Waals surface area contributed by atoms with E-state index in [4.69, 9.17) is 15.2 Å². The minimum Gasteiger partial charge on any atom is -0.486 e. The molecule has 3 N–H and O–H groups in total. The summed E-state index contributed by atoms with van der Waals surface area (Å²) in [7, 11) is 0. The van der Waals surface area contributed by atoms with Crippen LogP contribution in [-0.2, 0) is 6.42 Å². The molecule has 1 aromatic rings.